The number of aromatic nitrogens is 1. The number of fused-ring (bicyclic) bond motifs is 3. The van der Waals surface area contributed by atoms with Gasteiger partial charge in [0.2, 0.25) is 0 Å². The Hall–Kier alpha value is -2.08. The highest BCUT2D eigenvalue weighted by Crippen LogP contribution is 2.31. The molecule has 104 valence electrons. The summed E-state index contributed by atoms with van der Waals surface area (Å²) in [5.41, 5.74) is 2.62. The van der Waals surface area contributed by atoms with E-state index in [0.29, 0.717) is 6.42 Å². The molecule has 6 heteroatoms. The summed E-state index contributed by atoms with van der Waals surface area (Å²) in [5, 5.41) is 9.89. The van der Waals surface area contributed by atoms with E-state index < -0.39 is 0 Å². The Bertz CT molecular complexity index is 672. The molecule has 0 spiro atoms. The van der Waals surface area contributed by atoms with Crippen LogP contribution in [0.5, 0.6) is 0 Å². The van der Waals surface area contributed by atoms with Crippen molar-refractivity contribution >= 4 is 23.0 Å². The Morgan fingerprint density at radius 3 is 3.20 bits per heavy atom. The Labute approximate surface area is 120 Å². The van der Waals surface area contributed by atoms with Gasteiger partial charge < -0.3 is 14.7 Å². The van der Waals surface area contributed by atoms with Crippen LogP contribution in [-0.2, 0) is 4.84 Å². The largest absolute Gasteiger partial charge is 0.399 e. The number of nitrogens with one attached hydrogen (secondary N) is 1. The second kappa shape index (κ2) is 5.13. The van der Waals surface area contributed by atoms with Gasteiger partial charge in [0.15, 0.2) is 0 Å². The fourth-order valence-corrected chi connectivity index (χ4v) is 3.38. The van der Waals surface area contributed by atoms with Gasteiger partial charge in [0, 0.05) is 18.3 Å². The monoisotopic (exact) mass is 289 g/mol. The van der Waals surface area contributed by atoms with Gasteiger partial charge in [-0.15, -0.1) is 11.3 Å². The number of hydrogen-bond acceptors (Lipinski definition) is 4. The van der Waals surface area contributed by atoms with Gasteiger partial charge in [-0.25, -0.2) is 0 Å². The molecular formula is C14H15N3O2S. The molecule has 0 bridgehead atoms. The summed E-state index contributed by atoms with van der Waals surface area (Å²) in [5.74, 6) is -0.0415. The summed E-state index contributed by atoms with van der Waals surface area (Å²) in [6, 6.07) is 5.78. The molecule has 0 aliphatic carbocycles. The van der Waals surface area contributed by atoms with E-state index in [9.17, 15) is 4.79 Å². The van der Waals surface area contributed by atoms with Crippen LogP contribution in [-0.4, -0.2) is 23.3 Å². The normalized spacial score (nSPS) is 18.0. The second-order valence-electron chi connectivity index (χ2n) is 4.68. The minimum absolute atomic E-state index is 0.0415. The third-order valence-electron chi connectivity index (χ3n) is 3.30. The molecule has 1 aliphatic heterocycles. The molecule has 1 atom stereocenters. The van der Waals surface area contributed by atoms with E-state index in [1.54, 1.807) is 11.3 Å². The van der Waals surface area contributed by atoms with E-state index in [2.05, 4.69) is 15.0 Å². The lowest BCUT2D eigenvalue weighted by molar-refractivity contribution is 0.0940. The van der Waals surface area contributed by atoms with Crippen molar-refractivity contribution in [3.05, 3.63) is 41.0 Å². The average Bonchev–Trinajstić information content (AvgIpc) is 3.04. The highest BCUT2D eigenvalue weighted by atomic mass is 32.1. The van der Waals surface area contributed by atoms with Gasteiger partial charge in [0.25, 0.3) is 5.91 Å². The van der Waals surface area contributed by atoms with Crippen LogP contribution < -0.4 is 5.32 Å². The van der Waals surface area contributed by atoms with E-state index in [1.165, 1.54) is 7.11 Å². The molecule has 2 aromatic rings. The van der Waals surface area contributed by atoms with Crippen LogP contribution in [0.25, 0.3) is 5.00 Å². The minimum atomic E-state index is -0.101. The number of rotatable bonds is 3. The van der Waals surface area contributed by atoms with Crippen molar-refractivity contribution in [2.75, 3.05) is 7.11 Å². The quantitative estimate of drug-likeness (QED) is 0.697. The molecule has 3 rings (SSSR count). The van der Waals surface area contributed by atoms with Gasteiger partial charge in [-0.2, -0.15) is 0 Å². The zero-order chi connectivity index (χ0) is 14.1. The number of thiophene rings is 1. The van der Waals surface area contributed by atoms with Crippen LogP contribution in [0.2, 0.25) is 0 Å². The molecule has 1 N–H and O–H groups in total. The number of nitrogens with zero attached hydrogens (tertiary/aromatic N) is 2. The maximum absolute atomic E-state index is 12.3. The molecule has 0 saturated heterocycles. The first-order valence-corrected chi connectivity index (χ1v) is 7.21. The summed E-state index contributed by atoms with van der Waals surface area (Å²) >= 11 is 1.57. The van der Waals surface area contributed by atoms with E-state index in [4.69, 9.17) is 4.84 Å². The number of carbonyl (C=O) groups excluding carboxylic acids is 1. The maximum Gasteiger partial charge on any atom is 0.254 e. The summed E-state index contributed by atoms with van der Waals surface area (Å²) in [6.07, 6.45) is 2.61. The summed E-state index contributed by atoms with van der Waals surface area (Å²) in [7, 11) is 1.52. The molecule has 1 unspecified atom stereocenters. The Balaban J connectivity index is 2.02. The molecule has 0 saturated carbocycles. The maximum atomic E-state index is 12.3. The summed E-state index contributed by atoms with van der Waals surface area (Å²) in [4.78, 5) is 17.1. The van der Waals surface area contributed by atoms with E-state index in [1.807, 2.05) is 36.7 Å². The lowest BCUT2D eigenvalue weighted by atomic mass is 10.1. The van der Waals surface area contributed by atoms with Gasteiger partial charge in [0.05, 0.1) is 17.3 Å². The molecule has 1 aliphatic rings. The summed E-state index contributed by atoms with van der Waals surface area (Å²) < 4.78 is 2.07. The fraction of sp³-hybridized carbons (Fsp3) is 0.286. The van der Waals surface area contributed by atoms with Crippen LogP contribution in [0.1, 0.15) is 35.4 Å². The van der Waals surface area contributed by atoms with Gasteiger partial charge >= 0.3 is 0 Å². The number of oxime groups is 1. The van der Waals surface area contributed by atoms with Crippen LogP contribution in [0, 0.1) is 0 Å². The standard InChI is InChI=1S/C14H15N3O2S/c1-9(16-19-2)8-11-12-4-3-6-17(12)14-10(5-7-20-14)13(18)15-11/h3-7,11H,8H2,1-2H3,(H,15,18)/b16-9-. The van der Waals surface area contributed by atoms with E-state index in [0.717, 1.165) is 22.0 Å². The topological polar surface area (TPSA) is 55.6 Å². The zero-order valence-corrected chi connectivity index (χ0v) is 12.1. The van der Waals surface area contributed by atoms with Crippen molar-refractivity contribution in [1.29, 1.82) is 0 Å². The zero-order valence-electron chi connectivity index (χ0n) is 11.3. The lowest BCUT2D eigenvalue weighted by Crippen LogP contribution is -2.28. The molecule has 2 aromatic heterocycles. The first kappa shape index (κ1) is 12.9. The Kier molecular flexibility index (Phi) is 3.31. The molecule has 20 heavy (non-hydrogen) atoms. The lowest BCUT2D eigenvalue weighted by Gasteiger charge is -2.16. The van der Waals surface area contributed by atoms with Crippen molar-refractivity contribution in [1.82, 2.24) is 9.88 Å². The molecule has 0 aromatic carbocycles. The molecule has 5 nitrogen and oxygen atoms in total. The molecule has 0 radical (unpaired) electrons. The third-order valence-corrected chi connectivity index (χ3v) is 4.21. The fourth-order valence-electron chi connectivity index (χ4n) is 2.48. The summed E-state index contributed by atoms with van der Waals surface area (Å²) in [6.45, 7) is 1.89. The van der Waals surface area contributed by atoms with Gasteiger partial charge in [0.1, 0.15) is 12.1 Å². The third kappa shape index (κ3) is 2.12. The van der Waals surface area contributed by atoms with Crippen molar-refractivity contribution < 1.29 is 9.63 Å². The minimum Gasteiger partial charge on any atom is -0.399 e. The Morgan fingerprint density at radius 1 is 1.55 bits per heavy atom. The van der Waals surface area contributed by atoms with Gasteiger partial charge in [-0.3, -0.25) is 4.79 Å². The van der Waals surface area contributed by atoms with Crippen molar-refractivity contribution in [3.8, 4) is 5.00 Å². The predicted molar refractivity (Wildman–Crippen MR) is 78.6 cm³/mol. The van der Waals surface area contributed by atoms with Crippen molar-refractivity contribution in [2.24, 2.45) is 5.16 Å². The molecule has 1 amide bonds. The first-order valence-electron chi connectivity index (χ1n) is 6.33. The molecule has 0 fully saturated rings. The first-order chi connectivity index (χ1) is 9.70. The number of hydrogen-bond donors (Lipinski definition) is 1. The second-order valence-corrected chi connectivity index (χ2v) is 5.58. The molecule has 3 heterocycles. The number of amides is 1. The Morgan fingerprint density at radius 2 is 2.40 bits per heavy atom. The SMILES string of the molecule is CO/N=C(/C)CC1NC(=O)c2ccsc2-n2cccc21. The van der Waals surface area contributed by atoms with E-state index in [-0.39, 0.29) is 11.9 Å². The van der Waals surface area contributed by atoms with Gasteiger partial charge in [-0.1, -0.05) is 5.16 Å². The number of carbonyl (C=O) groups is 1. The molecular weight excluding hydrogens is 274 g/mol. The highest BCUT2D eigenvalue weighted by Gasteiger charge is 2.27. The van der Waals surface area contributed by atoms with E-state index >= 15 is 0 Å². The van der Waals surface area contributed by atoms with Crippen LogP contribution in [0.15, 0.2) is 34.9 Å². The van der Waals surface area contributed by atoms with Crippen LogP contribution in [0.4, 0.5) is 0 Å². The highest BCUT2D eigenvalue weighted by molar-refractivity contribution is 7.13. The van der Waals surface area contributed by atoms with Crippen molar-refractivity contribution in [2.45, 2.75) is 19.4 Å². The smallest absolute Gasteiger partial charge is 0.254 e. The van der Waals surface area contributed by atoms with Crippen molar-refractivity contribution in [3.63, 3.8) is 0 Å². The van der Waals surface area contributed by atoms with Crippen LogP contribution in [0.3, 0.4) is 0 Å². The predicted octanol–water partition coefficient (Wildman–Crippen LogP) is 2.74. The van der Waals surface area contributed by atoms with Gasteiger partial charge in [-0.05, 0) is 30.5 Å². The van der Waals surface area contributed by atoms with Crippen LogP contribution >= 0.6 is 11.3 Å². The average molecular weight is 289 g/mol.